The smallest absolute Gasteiger partial charge is 0.223 e. The number of guanidine groups is 1. The van der Waals surface area contributed by atoms with Crippen molar-refractivity contribution in [2.75, 3.05) is 19.6 Å². The van der Waals surface area contributed by atoms with Crippen molar-refractivity contribution in [2.24, 2.45) is 4.99 Å². The lowest BCUT2D eigenvalue weighted by Gasteiger charge is -2.16. The van der Waals surface area contributed by atoms with Gasteiger partial charge in [-0.15, -0.1) is 24.0 Å². The van der Waals surface area contributed by atoms with Crippen LogP contribution in [0.3, 0.4) is 0 Å². The van der Waals surface area contributed by atoms with Gasteiger partial charge in [0.15, 0.2) is 5.96 Å². The second-order valence-electron chi connectivity index (χ2n) is 6.93. The molecule has 0 fully saturated rings. The van der Waals surface area contributed by atoms with E-state index in [1.807, 2.05) is 34.0 Å². The zero-order valence-corrected chi connectivity index (χ0v) is 19.3. The van der Waals surface area contributed by atoms with E-state index in [4.69, 9.17) is 0 Å². The van der Waals surface area contributed by atoms with Crippen molar-refractivity contribution in [1.29, 1.82) is 0 Å². The average molecular weight is 510 g/mol. The molecule has 2 heterocycles. The van der Waals surface area contributed by atoms with Gasteiger partial charge in [0.1, 0.15) is 0 Å². The third-order valence-electron chi connectivity index (χ3n) is 4.77. The van der Waals surface area contributed by atoms with Crippen molar-refractivity contribution in [2.45, 2.75) is 45.8 Å². The molecule has 1 aromatic carbocycles. The molecule has 3 rings (SSSR count). The van der Waals surface area contributed by atoms with Gasteiger partial charge in [0.05, 0.1) is 0 Å². The molecule has 158 valence electrons. The van der Waals surface area contributed by atoms with Crippen LogP contribution in [-0.4, -0.2) is 46.2 Å². The van der Waals surface area contributed by atoms with Gasteiger partial charge in [-0.2, -0.15) is 5.10 Å². The van der Waals surface area contributed by atoms with Crippen LogP contribution in [0.25, 0.3) is 0 Å². The first-order valence-electron chi connectivity index (χ1n) is 10.1. The van der Waals surface area contributed by atoms with E-state index < -0.39 is 0 Å². The SMILES string of the molecule is CCNC(=NCCCn1cccn1)NCCCC(=O)N1Cc2ccccc2C1.I. The van der Waals surface area contributed by atoms with E-state index in [0.29, 0.717) is 6.42 Å². The molecule has 0 saturated carbocycles. The number of halogens is 1. The molecule has 0 unspecified atom stereocenters. The summed E-state index contributed by atoms with van der Waals surface area (Å²) in [6.45, 7) is 6.68. The van der Waals surface area contributed by atoms with E-state index in [1.165, 1.54) is 11.1 Å². The summed E-state index contributed by atoms with van der Waals surface area (Å²) in [5, 5.41) is 10.8. The highest BCUT2D eigenvalue weighted by Crippen LogP contribution is 2.22. The number of hydrogen-bond donors (Lipinski definition) is 2. The van der Waals surface area contributed by atoms with Crippen molar-refractivity contribution in [3.05, 3.63) is 53.9 Å². The van der Waals surface area contributed by atoms with Gasteiger partial charge in [-0.3, -0.25) is 14.5 Å². The molecular weight excluding hydrogens is 479 g/mol. The molecular formula is C21H31IN6O. The molecule has 0 spiro atoms. The Morgan fingerprint density at radius 1 is 1.14 bits per heavy atom. The summed E-state index contributed by atoms with van der Waals surface area (Å²) < 4.78 is 1.91. The van der Waals surface area contributed by atoms with Crippen LogP contribution in [0.2, 0.25) is 0 Å². The van der Waals surface area contributed by atoms with Crippen molar-refractivity contribution in [3.8, 4) is 0 Å². The van der Waals surface area contributed by atoms with E-state index in [9.17, 15) is 4.79 Å². The maximum Gasteiger partial charge on any atom is 0.223 e. The monoisotopic (exact) mass is 510 g/mol. The molecule has 2 aromatic rings. The standard InChI is InChI=1S/C21H30N6O.HI/c1-2-22-21(24-12-6-14-27-15-7-13-25-27)23-11-5-10-20(28)26-16-18-8-3-4-9-19(18)17-26;/h3-4,7-9,13,15H,2,5-6,10-12,14,16-17H2,1H3,(H2,22,23,24);1H. The number of nitrogens with zero attached hydrogens (tertiary/aromatic N) is 4. The fourth-order valence-electron chi connectivity index (χ4n) is 3.31. The zero-order valence-electron chi connectivity index (χ0n) is 17.0. The van der Waals surface area contributed by atoms with Gasteiger partial charge < -0.3 is 15.5 Å². The number of carbonyl (C=O) groups excluding carboxylic acids is 1. The highest BCUT2D eigenvalue weighted by Gasteiger charge is 2.22. The molecule has 7 nitrogen and oxygen atoms in total. The van der Waals surface area contributed by atoms with E-state index in [1.54, 1.807) is 6.20 Å². The van der Waals surface area contributed by atoms with Crippen LogP contribution in [0.1, 0.15) is 37.3 Å². The fourth-order valence-corrected chi connectivity index (χ4v) is 3.31. The minimum atomic E-state index is 0. The predicted octanol–water partition coefficient (Wildman–Crippen LogP) is 2.77. The number of carbonyl (C=O) groups is 1. The van der Waals surface area contributed by atoms with Gasteiger partial charge >= 0.3 is 0 Å². The van der Waals surface area contributed by atoms with Crippen LogP contribution >= 0.6 is 24.0 Å². The first-order chi connectivity index (χ1) is 13.8. The van der Waals surface area contributed by atoms with Gasteiger partial charge in [0.25, 0.3) is 0 Å². The molecule has 8 heteroatoms. The number of aryl methyl sites for hydroxylation is 1. The summed E-state index contributed by atoms with van der Waals surface area (Å²) in [6, 6.07) is 10.2. The summed E-state index contributed by atoms with van der Waals surface area (Å²) >= 11 is 0. The number of rotatable bonds is 9. The number of hydrogen-bond acceptors (Lipinski definition) is 3. The largest absolute Gasteiger partial charge is 0.357 e. The highest BCUT2D eigenvalue weighted by atomic mass is 127. The number of nitrogens with one attached hydrogen (secondary N) is 2. The molecule has 0 saturated heterocycles. The second kappa shape index (κ2) is 12.5. The van der Waals surface area contributed by atoms with Crippen LogP contribution in [0.15, 0.2) is 47.7 Å². The minimum absolute atomic E-state index is 0. The maximum atomic E-state index is 12.5. The van der Waals surface area contributed by atoms with Crippen molar-refractivity contribution in [3.63, 3.8) is 0 Å². The first kappa shape index (κ1) is 23.2. The van der Waals surface area contributed by atoms with Crippen LogP contribution in [-0.2, 0) is 24.4 Å². The number of amides is 1. The van der Waals surface area contributed by atoms with Crippen molar-refractivity contribution in [1.82, 2.24) is 25.3 Å². The molecule has 0 radical (unpaired) electrons. The van der Waals surface area contributed by atoms with Crippen LogP contribution in [0, 0.1) is 0 Å². The Labute approximate surface area is 190 Å². The van der Waals surface area contributed by atoms with Gasteiger partial charge in [-0.25, -0.2) is 0 Å². The van der Waals surface area contributed by atoms with Crippen molar-refractivity contribution >= 4 is 35.8 Å². The second-order valence-corrected chi connectivity index (χ2v) is 6.93. The Morgan fingerprint density at radius 2 is 1.90 bits per heavy atom. The summed E-state index contributed by atoms with van der Waals surface area (Å²) in [5.41, 5.74) is 2.54. The van der Waals surface area contributed by atoms with Crippen LogP contribution in [0.5, 0.6) is 0 Å². The van der Waals surface area contributed by atoms with Crippen LogP contribution < -0.4 is 10.6 Å². The van der Waals surface area contributed by atoms with Gasteiger partial charge in [0.2, 0.25) is 5.91 Å². The molecule has 29 heavy (non-hydrogen) atoms. The van der Waals surface area contributed by atoms with Gasteiger partial charge in [-0.1, -0.05) is 24.3 Å². The normalized spacial score (nSPS) is 13.0. The number of fused-ring (bicyclic) bond motifs is 1. The summed E-state index contributed by atoms with van der Waals surface area (Å²) in [6.07, 6.45) is 6.04. The predicted molar refractivity (Wildman–Crippen MR) is 126 cm³/mol. The molecule has 0 bridgehead atoms. The Balaban J connectivity index is 0.00000300. The summed E-state index contributed by atoms with van der Waals surface area (Å²) in [7, 11) is 0. The summed E-state index contributed by atoms with van der Waals surface area (Å²) in [5.74, 6) is 1.03. The molecule has 1 aliphatic rings. The molecule has 1 amide bonds. The van der Waals surface area contributed by atoms with Gasteiger partial charge in [0, 0.05) is 58.1 Å². The highest BCUT2D eigenvalue weighted by molar-refractivity contribution is 14.0. The molecule has 0 atom stereocenters. The molecule has 1 aliphatic heterocycles. The van der Waals surface area contributed by atoms with Crippen molar-refractivity contribution < 1.29 is 4.79 Å². The fraction of sp³-hybridized carbons (Fsp3) is 0.476. The average Bonchev–Trinajstić information content (AvgIpc) is 3.37. The molecule has 0 aliphatic carbocycles. The molecule has 1 aromatic heterocycles. The number of benzene rings is 1. The van der Waals surface area contributed by atoms with Crippen LogP contribution in [0.4, 0.5) is 0 Å². The topological polar surface area (TPSA) is 74.5 Å². The molecule has 2 N–H and O–H groups in total. The number of aromatic nitrogens is 2. The first-order valence-corrected chi connectivity index (χ1v) is 10.1. The maximum absolute atomic E-state index is 12.5. The Bertz CT molecular complexity index is 752. The third-order valence-corrected chi connectivity index (χ3v) is 4.77. The van der Waals surface area contributed by atoms with E-state index in [-0.39, 0.29) is 29.9 Å². The Hall–Kier alpha value is -2.10. The Morgan fingerprint density at radius 3 is 2.55 bits per heavy atom. The minimum Gasteiger partial charge on any atom is -0.357 e. The lowest BCUT2D eigenvalue weighted by molar-refractivity contribution is -0.131. The zero-order chi connectivity index (χ0) is 19.6. The lowest BCUT2D eigenvalue weighted by atomic mass is 10.1. The van der Waals surface area contributed by atoms with E-state index in [0.717, 1.165) is 58.1 Å². The van der Waals surface area contributed by atoms with Gasteiger partial charge in [-0.05, 0) is 37.0 Å². The summed E-state index contributed by atoms with van der Waals surface area (Å²) in [4.78, 5) is 19.0. The Kier molecular flexibility index (Phi) is 9.96. The quantitative estimate of drug-likeness (QED) is 0.236. The lowest BCUT2D eigenvalue weighted by Crippen LogP contribution is -2.38. The van der Waals surface area contributed by atoms with E-state index >= 15 is 0 Å². The number of aliphatic imine (C=N–C) groups is 1. The third kappa shape index (κ3) is 7.34. The van der Waals surface area contributed by atoms with E-state index in [2.05, 4.69) is 39.8 Å².